The molecule has 1 heterocycles. The van der Waals surface area contributed by atoms with Crippen LogP contribution in [0.15, 0.2) is 48.5 Å². The first-order valence-corrected chi connectivity index (χ1v) is 8.91. The van der Waals surface area contributed by atoms with Crippen LogP contribution >= 0.6 is 11.6 Å². The zero-order valence-corrected chi connectivity index (χ0v) is 14.9. The number of halogens is 1. The van der Waals surface area contributed by atoms with Gasteiger partial charge in [0, 0.05) is 22.7 Å². The minimum atomic E-state index is -0.335. The van der Waals surface area contributed by atoms with Crippen LogP contribution in [0.2, 0.25) is 5.02 Å². The predicted molar refractivity (Wildman–Crippen MR) is 99.6 cm³/mol. The Morgan fingerprint density at radius 3 is 2.72 bits per heavy atom. The fourth-order valence-electron chi connectivity index (χ4n) is 3.18. The van der Waals surface area contributed by atoms with E-state index >= 15 is 0 Å². The Morgan fingerprint density at radius 2 is 2.00 bits per heavy atom. The summed E-state index contributed by atoms with van der Waals surface area (Å²) < 4.78 is 0. The average molecular weight is 357 g/mol. The van der Waals surface area contributed by atoms with Gasteiger partial charge in [0.2, 0.25) is 11.8 Å². The van der Waals surface area contributed by atoms with Crippen molar-refractivity contribution in [1.29, 1.82) is 0 Å². The van der Waals surface area contributed by atoms with E-state index in [1.807, 2.05) is 43.3 Å². The maximum atomic E-state index is 12.8. The van der Waals surface area contributed by atoms with Gasteiger partial charge in [-0.2, -0.15) is 0 Å². The Bertz CT molecular complexity index is 777. The molecule has 1 N–H and O–H groups in total. The Balaban J connectivity index is 2.12. The van der Waals surface area contributed by atoms with Crippen LogP contribution in [0.4, 0.5) is 5.69 Å². The van der Waals surface area contributed by atoms with Crippen molar-refractivity contribution >= 4 is 29.1 Å². The molecule has 4 nitrogen and oxygen atoms in total. The van der Waals surface area contributed by atoms with Crippen LogP contribution in [0.1, 0.15) is 43.4 Å². The fourth-order valence-corrected chi connectivity index (χ4v) is 3.36. The van der Waals surface area contributed by atoms with E-state index in [1.54, 1.807) is 17.0 Å². The van der Waals surface area contributed by atoms with E-state index in [9.17, 15) is 9.59 Å². The minimum Gasteiger partial charge on any atom is -0.324 e. The molecular formula is C20H21ClN2O2. The topological polar surface area (TPSA) is 49.4 Å². The van der Waals surface area contributed by atoms with Gasteiger partial charge < -0.3 is 10.2 Å². The molecule has 0 aromatic heterocycles. The maximum absolute atomic E-state index is 12.8. The van der Waals surface area contributed by atoms with Crippen LogP contribution in [0.5, 0.6) is 0 Å². The van der Waals surface area contributed by atoms with Crippen LogP contribution in [0.3, 0.4) is 0 Å². The number of carbonyl (C=O) groups excluding carboxylic acids is 2. The molecule has 1 atom stereocenters. The zero-order valence-electron chi connectivity index (χ0n) is 14.2. The number of rotatable bonds is 4. The number of hydrogen-bond donors (Lipinski definition) is 1. The number of amides is 2. The van der Waals surface area contributed by atoms with E-state index in [1.165, 1.54) is 0 Å². The summed E-state index contributed by atoms with van der Waals surface area (Å²) in [5.74, 6) is -0.203. The van der Waals surface area contributed by atoms with Crippen molar-refractivity contribution in [3.05, 3.63) is 64.7 Å². The molecule has 5 heteroatoms. The van der Waals surface area contributed by atoms with Crippen LogP contribution < -0.4 is 5.32 Å². The molecule has 2 aromatic rings. The van der Waals surface area contributed by atoms with Crippen molar-refractivity contribution in [2.45, 2.75) is 32.2 Å². The quantitative estimate of drug-likeness (QED) is 0.882. The number of unbranched alkanes of at least 4 members (excludes halogenated alkanes) is 1. The Kier molecular flexibility index (Phi) is 5.39. The number of anilines is 1. The molecule has 0 saturated carbocycles. The van der Waals surface area contributed by atoms with Gasteiger partial charge in [0.15, 0.2) is 0 Å². The SMILES string of the molecule is CCCCC(=O)N1CC(=O)Nc2ccc(Cl)cc2C1c1ccccc1. The Hall–Kier alpha value is -2.33. The minimum absolute atomic E-state index is 0.0151. The van der Waals surface area contributed by atoms with E-state index in [-0.39, 0.29) is 24.4 Å². The molecule has 0 saturated heterocycles. The lowest BCUT2D eigenvalue weighted by Crippen LogP contribution is -2.38. The highest BCUT2D eigenvalue weighted by molar-refractivity contribution is 6.30. The van der Waals surface area contributed by atoms with Crippen molar-refractivity contribution in [2.75, 3.05) is 11.9 Å². The molecule has 0 spiro atoms. The summed E-state index contributed by atoms with van der Waals surface area (Å²) >= 11 is 6.21. The van der Waals surface area contributed by atoms with Gasteiger partial charge in [-0.25, -0.2) is 0 Å². The first-order chi connectivity index (χ1) is 12.1. The van der Waals surface area contributed by atoms with E-state index < -0.39 is 0 Å². The molecule has 3 rings (SSSR count). The number of carbonyl (C=O) groups is 2. The van der Waals surface area contributed by atoms with Crippen LogP contribution in [0.25, 0.3) is 0 Å². The van der Waals surface area contributed by atoms with E-state index in [0.717, 1.165) is 24.0 Å². The summed E-state index contributed by atoms with van der Waals surface area (Å²) in [5.41, 5.74) is 2.51. The van der Waals surface area contributed by atoms with Crippen molar-refractivity contribution in [3.8, 4) is 0 Å². The Labute approximate surface area is 152 Å². The zero-order chi connectivity index (χ0) is 17.8. The molecule has 2 aromatic carbocycles. The number of nitrogens with one attached hydrogen (secondary N) is 1. The standard InChI is InChI=1S/C20H21ClN2O2/c1-2-3-9-19(25)23-13-18(24)22-17-11-10-15(21)12-16(17)20(23)14-7-5-4-6-8-14/h4-8,10-12,20H,2-3,9,13H2,1H3,(H,22,24). The molecule has 25 heavy (non-hydrogen) atoms. The van der Waals surface area contributed by atoms with Gasteiger partial charge in [0.05, 0.1) is 6.04 Å². The average Bonchev–Trinajstić information content (AvgIpc) is 2.76. The molecule has 2 amide bonds. The van der Waals surface area contributed by atoms with Gasteiger partial charge >= 0.3 is 0 Å². The Morgan fingerprint density at radius 1 is 1.24 bits per heavy atom. The van der Waals surface area contributed by atoms with Crippen LogP contribution in [0, 0.1) is 0 Å². The van der Waals surface area contributed by atoms with E-state index in [2.05, 4.69) is 5.32 Å². The largest absolute Gasteiger partial charge is 0.324 e. The molecule has 0 radical (unpaired) electrons. The van der Waals surface area contributed by atoms with E-state index in [0.29, 0.717) is 17.1 Å². The molecule has 130 valence electrons. The summed E-state index contributed by atoms with van der Waals surface area (Å²) in [6.07, 6.45) is 2.17. The molecule has 0 fully saturated rings. The van der Waals surface area contributed by atoms with Crippen molar-refractivity contribution in [1.82, 2.24) is 4.90 Å². The number of nitrogens with zero attached hydrogens (tertiary/aromatic N) is 1. The summed E-state index contributed by atoms with van der Waals surface area (Å²) in [6, 6.07) is 14.8. The highest BCUT2D eigenvalue weighted by atomic mass is 35.5. The summed E-state index contributed by atoms with van der Waals surface area (Å²) in [6.45, 7) is 2.08. The molecule has 0 bridgehead atoms. The smallest absolute Gasteiger partial charge is 0.244 e. The van der Waals surface area contributed by atoms with Gasteiger partial charge in [0.25, 0.3) is 0 Å². The third kappa shape index (κ3) is 3.85. The number of hydrogen-bond acceptors (Lipinski definition) is 2. The van der Waals surface area contributed by atoms with Crippen molar-refractivity contribution in [2.24, 2.45) is 0 Å². The van der Waals surface area contributed by atoms with Gasteiger partial charge in [0.1, 0.15) is 6.54 Å². The lowest BCUT2D eigenvalue weighted by Gasteiger charge is -2.30. The second kappa shape index (κ2) is 7.70. The number of fused-ring (bicyclic) bond motifs is 1. The monoisotopic (exact) mass is 356 g/mol. The fraction of sp³-hybridized carbons (Fsp3) is 0.300. The normalized spacial score (nSPS) is 16.8. The van der Waals surface area contributed by atoms with Crippen LogP contribution in [-0.2, 0) is 9.59 Å². The molecule has 0 aliphatic carbocycles. The molecular weight excluding hydrogens is 336 g/mol. The predicted octanol–water partition coefficient (Wildman–Crippen LogP) is 4.40. The van der Waals surface area contributed by atoms with Gasteiger partial charge in [-0.15, -0.1) is 0 Å². The summed E-state index contributed by atoms with van der Waals surface area (Å²) in [7, 11) is 0. The van der Waals surface area contributed by atoms with Gasteiger partial charge in [-0.3, -0.25) is 9.59 Å². The third-order valence-corrected chi connectivity index (χ3v) is 4.62. The molecule has 1 aliphatic heterocycles. The highest BCUT2D eigenvalue weighted by Gasteiger charge is 2.33. The summed E-state index contributed by atoms with van der Waals surface area (Å²) in [4.78, 5) is 26.9. The second-order valence-electron chi connectivity index (χ2n) is 6.22. The summed E-state index contributed by atoms with van der Waals surface area (Å²) in [5, 5.41) is 3.48. The van der Waals surface area contributed by atoms with Gasteiger partial charge in [-0.05, 0) is 30.2 Å². The second-order valence-corrected chi connectivity index (χ2v) is 6.65. The number of benzene rings is 2. The first-order valence-electron chi connectivity index (χ1n) is 8.54. The lowest BCUT2D eigenvalue weighted by atomic mass is 9.95. The van der Waals surface area contributed by atoms with Crippen molar-refractivity contribution in [3.63, 3.8) is 0 Å². The van der Waals surface area contributed by atoms with Crippen molar-refractivity contribution < 1.29 is 9.59 Å². The maximum Gasteiger partial charge on any atom is 0.244 e. The van der Waals surface area contributed by atoms with Gasteiger partial charge in [-0.1, -0.05) is 55.3 Å². The highest BCUT2D eigenvalue weighted by Crippen LogP contribution is 2.37. The van der Waals surface area contributed by atoms with Crippen LogP contribution in [-0.4, -0.2) is 23.3 Å². The molecule has 1 aliphatic rings. The lowest BCUT2D eigenvalue weighted by molar-refractivity contribution is -0.136. The van der Waals surface area contributed by atoms with E-state index in [4.69, 9.17) is 11.6 Å². The third-order valence-electron chi connectivity index (χ3n) is 4.39. The first kappa shape index (κ1) is 17.5. The molecule has 1 unspecified atom stereocenters.